The second-order valence-electron chi connectivity index (χ2n) is 4.75. The second kappa shape index (κ2) is 7.49. The van der Waals surface area contributed by atoms with Gasteiger partial charge < -0.3 is 37.2 Å². The van der Waals surface area contributed by atoms with E-state index in [0.717, 1.165) is 11.8 Å². The molecule has 0 radical (unpaired) electrons. The first kappa shape index (κ1) is 19.4. The van der Waals surface area contributed by atoms with Crippen LogP contribution in [0.25, 0.3) is 0 Å². The molecule has 2 rings (SSSR count). The van der Waals surface area contributed by atoms with Crippen LogP contribution in [-0.4, -0.2) is 0 Å². The van der Waals surface area contributed by atoms with E-state index in [4.69, 9.17) is 0 Å². The van der Waals surface area contributed by atoms with Crippen LogP contribution in [0.4, 0.5) is 0 Å². The number of allylic oxidation sites excluding steroid dienone is 4. The van der Waals surface area contributed by atoms with Crippen molar-refractivity contribution in [3.05, 3.63) is 23.8 Å². The molecular weight excluding hydrogens is 298 g/mol. The van der Waals surface area contributed by atoms with E-state index in [2.05, 4.69) is 52.5 Å². The molecule has 3 atom stereocenters. The summed E-state index contributed by atoms with van der Waals surface area (Å²) in [6, 6.07) is 0. The topological polar surface area (TPSA) is 0 Å². The molecule has 0 bridgehead atoms. The molecule has 4 heteroatoms. The summed E-state index contributed by atoms with van der Waals surface area (Å²) in [7, 11) is 0. The molecule has 3 unspecified atom stereocenters. The van der Waals surface area contributed by atoms with Crippen molar-refractivity contribution in [2.24, 2.45) is 11.8 Å². The van der Waals surface area contributed by atoms with Crippen LogP contribution in [0.1, 0.15) is 33.1 Å². The Kier molecular flexibility index (Phi) is 9.08. The fourth-order valence-electron chi connectivity index (χ4n) is 2.91. The van der Waals surface area contributed by atoms with Crippen LogP contribution in [0.5, 0.6) is 0 Å². The first-order valence-electron chi connectivity index (χ1n) is 5.23. The molecule has 2 aliphatic rings. The molecule has 0 aromatic carbocycles. The van der Waals surface area contributed by atoms with E-state index in [1.165, 1.54) is 19.3 Å². The van der Waals surface area contributed by atoms with Gasteiger partial charge in [-0.15, -0.1) is 0 Å². The Balaban J connectivity index is 0. The molecule has 90 valence electrons. The van der Waals surface area contributed by atoms with Gasteiger partial charge in [0, 0.05) is 0 Å². The van der Waals surface area contributed by atoms with E-state index < -0.39 is 0 Å². The van der Waals surface area contributed by atoms with E-state index in [9.17, 15) is 0 Å². The molecule has 16 heavy (non-hydrogen) atoms. The van der Waals surface area contributed by atoms with E-state index in [1.807, 2.05) is 0 Å². The average molecular weight is 315 g/mol. The molecule has 0 saturated heterocycles. The number of hydrogen-bond acceptors (Lipinski definition) is 0. The fourth-order valence-corrected chi connectivity index (χ4v) is 3.83. The van der Waals surface area contributed by atoms with Gasteiger partial charge in [0.15, 0.2) is 0 Å². The molecule has 0 nitrogen and oxygen atoms in total. The zero-order valence-electron chi connectivity index (χ0n) is 9.64. The summed E-state index contributed by atoms with van der Waals surface area (Å²) in [6.45, 7) is 4.81. The van der Waals surface area contributed by atoms with Crippen molar-refractivity contribution in [1.29, 1.82) is 0 Å². The van der Waals surface area contributed by atoms with Gasteiger partial charge in [0.25, 0.3) is 0 Å². The largest absolute Gasteiger partial charge is 1.00 e. The maximum absolute atomic E-state index is 2.42. The SMILES string of the molecule is CC1C[C](C)([Ti+3])C2=CC=CCCC21.[Cl-].[Cl-].[Cl-]. The predicted octanol–water partition coefficient (Wildman–Crippen LogP) is -5.34. The third-order valence-electron chi connectivity index (χ3n) is 3.51. The van der Waals surface area contributed by atoms with Gasteiger partial charge in [0.2, 0.25) is 0 Å². The number of halogens is 3. The van der Waals surface area contributed by atoms with Gasteiger partial charge in [-0.3, -0.25) is 0 Å². The Hall–Kier alpha value is 1.06. The minimum atomic E-state index is 0. The van der Waals surface area contributed by atoms with Crippen molar-refractivity contribution >= 4 is 0 Å². The summed E-state index contributed by atoms with van der Waals surface area (Å²) in [4.78, 5) is 0. The Morgan fingerprint density at radius 1 is 1.31 bits per heavy atom. The number of fused-ring (bicyclic) bond motifs is 1. The van der Waals surface area contributed by atoms with Crippen LogP contribution < -0.4 is 37.2 Å². The molecular formula is C12H17Cl3Ti. The third kappa shape index (κ3) is 3.78. The molecule has 0 aromatic rings. The summed E-state index contributed by atoms with van der Waals surface area (Å²) in [5, 5.41) is 0. The van der Waals surface area contributed by atoms with E-state index in [1.54, 1.807) is 5.57 Å². The van der Waals surface area contributed by atoms with Crippen molar-refractivity contribution in [2.45, 2.75) is 36.8 Å². The van der Waals surface area contributed by atoms with Crippen LogP contribution in [0, 0.1) is 11.8 Å². The smallest absolute Gasteiger partial charge is 1.00 e. The van der Waals surface area contributed by atoms with Gasteiger partial charge in [-0.1, -0.05) is 0 Å². The Labute approximate surface area is 129 Å². The summed E-state index contributed by atoms with van der Waals surface area (Å²) in [6.07, 6.45) is 11.0. The zero-order chi connectivity index (χ0) is 9.47. The van der Waals surface area contributed by atoms with Crippen LogP contribution in [0.15, 0.2) is 23.8 Å². The molecule has 1 fully saturated rings. The van der Waals surface area contributed by atoms with Gasteiger partial charge in [-0.25, -0.2) is 0 Å². The van der Waals surface area contributed by atoms with Crippen molar-refractivity contribution < 1.29 is 57.7 Å². The van der Waals surface area contributed by atoms with Crippen LogP contribution in [0.3, 0.4) is 0 Å². The first-order chi connectivity index (χ1) is 6.11. The monoisotopic (exact) mass is 314 g/mol. The van der Waals surface area contributed by atoms with Crippen molar-refractivity contribution in [3.63, 3.8) is 0 Å². The molecule has 2 aliphatic carbocycles. The molecule has 0 heterocycles. The fraction of sp³-hybridized carbons (Fsp3) is 0.667. The average Bonchev–Trinajstić information content (AvgIpc) is 2.28. The van der Waals surface area contributed by atoms with Crippen molar-refractivity contribution in [1.82, 2.24) is 0 Å². The van der Waals surface area contributed by atoms with Gasteiger partial charge in [0.1, 0.15) is 0 Å². The Bertz CT molecular complexity index is 271. The van der Waals surface area contributed by atoms with Gasteiger partial charge in [-0.05, 0) is 0 Å². The van der Waals surface area contributed by atoms with Gasteiger partial charge in [0.05, 0.1) is 0 Å². The zero-order valence-corrected chi connectivity index (χ0v) is 13.5. The molecule has 0 amide bonds. The van der Waals surface area contributed by atoms with E-state index in [0.29, 0.717) is 3.72 Å². The predicted molar refractivity (Wildman–Crippen MR) is 52.1 cm³/mol. The molecule has 0 N–H and O–H groups in total. The maximum atomic E-state index is 2.42. The Morgan fingerprint density at radius 2 is 1.94 bits per heavy atom. The summed E-state index contributed by atoms with van der Waals surface area (Å²) in [5.41, 5.74) is 1.70. The Morgan fingerprint density at radius 3 is 2.56 bits per heavy atom. The quantitative estimate of drug-likeness (QED) is 0.392. The van der Waals surface area contributed by atoms with Crippen LogP contribution in [-0.2, 0) is 20.4 Å². The van der Waals surface area contributed by atoms with Crippen LogP contribution in [0.2, 0.25) is 3.72 Å². The molecule has 0 aromatic heterocycles. The molecule has 0 aliphatic heterocycles. The van der Waals surface area contributed by atoms with E-state index >= 15 is 0 Å². The number of hydrogen-bond donors (Lipinski definition) is 0. The van der Waals surface area contributed by atoms with Crippen molar-refractivity contribution in [3.8, 4) is 0 Å². The minimum absolute atomic E-state index is 0. The van der Waals surface area contributed by atoms with Gasteiger partial charge in [-0.2, -0.15) is 0 Å². The number of rotatable bonds is 0. The normalized spacial score (nSPS) is 35.9. The second-order valence-corrected chi connectivity index (χ2v) is 6.47. The summed E-state index contributed by atoms with van der Waals surface area (Å²) in [5.74, 6) is 1.76. The first-order valence-corrected chi connectivity index (χ1v) is 6.01. The van der Waals surface area contributed by atoms with E-state index in [-0.39, 0.29) is 37.2 Å². The summed E-state index contributed by atoms with van der Waals surface area (Å²) < 4.78 is 0.457. The van der Waals surface area contributed by atoms with Crippen LogP contribution >= 0.6 is 0 Å². The molecule has 1 saturated carbocycles. The summed E-state index contributed by atoms with van der Waals surface area (Å²) >= 11 is 2.40. The van der Waals surface area contributed by atoms with Crippen molar-refractivity contribution in [2.75, 3.05) is 0 Å². The third-order valence-corrected chi connectivity index (χ3v) is 4.28. The maximum Gasteiger partial charge on any atom is -1.00 e. The van der Waals surface area contributed by atoms with Gasteiger partial charge >= 0.3 is 92.9 Å². The standard InChI is InChI=1S/C12H17.3ClH.Ti/c1-9-8-10(2)12-7-5-3-4-6-11(9)12;;;;/h3-4,6,10,12H,5,7-8H2,1-2H3;3*1H;/q;;;;+3/p-3. The minimum Gasteiger partial charge on any atom is -1.00 e. The molecule has 0 spiro atoms.